The number of hydrogen-bond donors (Lipinski definition) is 1. The van der Waals surface area contributed by atoms with Crippen LogP contribution in [0.15, 0.2) is 0 Å². The van der Waals surface area contributed by atoms with Gasteiger partial charge in [0.25, 0.3) is 0 Å². The van der Waals surface area contributed by atoms with Crippen molar-refractivity contribution in [1.82, 2.24) is 10.2 Å². The zero-order chi connectivity index (χ0) is 11.9. The molecule has 0 aromatic rings. The van der Waals surface area contributed by atoms with Gasteiger partial charge in [-0.2, -0.15) is 0 Å². The summed E-state index contributed by atoms with van der Waals surface area (Å²) in [5.74, 6) is 1.98. The van der Waals surface area contributed by atoms with Gasteiger partial charge in [-0.1, -0.05) is 26.2 Å². The molecule has 1 unspecified atom stereocenters. The maximum atomic E-state index is 3.66. The molecule has 2 aliphatic rings. The molecule has 0 aromatic carbocycles. The highest BCUT2D eigenvalue weighted by Gasteiger charge is 2.21. The molecule has 0 radical (unpaired) electrons. The van der Waals surface area contributed by atoms with E-state index >= 15 is 0 Å². The molecule has 2 heteroatoms. The minimum Gasteiger partial charge on any atom is -0.315 e. The van der Waals surface area contributed by atoms with Gasteiger partial charge in [0, 0.05) is 19.6 Å². The van der Waals surface area contributed by atoms with Crippen LogP contribution in [0.1, 0.15) is 51.9 Å². The summed E-state index contributed by atoms with van der Waals surface area (Å²) >= 11 is 0. The smallest absolute Gasteiger partial charge is 0.0107 e. The molecule has 2 rings (SSSR count). The Morgan fingerprint density at radius 3 is 2.71 bits per heavy atom. The van der Waals surface area contributed by atoms with Gasteiger partial charge in [0.1, 0.15) is 0 Å². The fourth-order valence-electron chi connectivity index (χ4n) is 3.52. The highest BCUT2D eigenvalue weighted by atomic mass is 15.2. The zero-order valence-corrected chi connectivity index (χ0v) is 11.6. The van der Waals surface area contributed by atoms with Gasteiger partial charge < -0.3 is 10.2 Å². The Kier molecular flexibility index (Phi) is 5.79. The quantitative estimate of drug-likeness (QED) is 0.686. The first kappa shape index (κ1) is 13.4. The van der Waals surface area contributed by atoms with Crippen molar-refractivity contribution < 1.29 is 0 Å². The van der Waals surface area contributed by atoms with Gasteiger partial charge in [0.15, 0.2) is 0 Å². The molecule has 100 valence electrons. The number of nitrogens with one attached hydrogen (secondary N) is 1. The Hall–Kier alpha value is -0.0800. The third kappa shape index (κ3) is 4.59. The molecule has 0 bridgehead atoms. The minimum absolute atomic E-state index is 0.987. The topological polar surface area (TPSA) is 15.3 Å². The number of nitrogens with zero attached hydrogens (tertiary/aromatic N) is 1. The van der Waals surface area contributed by atoms with Crippen molar-refractivity contribution in [3.05, 3.63) is 0 Å². The van der Waals surface area contributed by atoms with Gasteiger partial charge in [-0.25, -0.2) is 0 Å². The molecule has 0 aromatic heterocycles. The molecule has 1 aliphatic heterocycles. The average Bonchev–Trinajstić information content (AvgIpc) is 2.96. The summed E-state index contributed by atoms with van der Waals surface area (Å²) in [6.45, 7) is 8.76. The van der Waals surface area contributed by atoms with E-state index in [1.54, 1.807) is 0 Å². The minimum atomic E-state index is 0.987. The van der Waals surface area contributed by atoms with Crippen LogP contribution < -0.4 is 5.32 Å². The average molecular weight is 238 g/mol. The summed E-state index contributed by atoms with van der Waals surface area (Å²) in [6, 6.07) is 0. The summed E-state index contributed by atoms with van der Waals surface area (Å²) in [7, 11) is 0. The van der Waals surface area contributed by atoms with Crippen LogP contribution in [0.2, 0.25) is 0 Å². The first-order chi connectivity index (χ1) is 8.38. The first-order valence-electron chi connectivity index (χ1n) is 7.81. The van der Waals surface area contributed by atoms with E-state index in [-0.39, 0.29) is 0 Å². The zero-order valence-electron chi connectivity index (χ0n) is 11.6. The lowest BCUT2D eigenvalue weighted by molar-refractivity contribution is 0.314. The molecule has 1 atom stereocenters. The van der Waals surface area contributed by atoms with Crippen molar-refractivity contribution >= 4 is 0 Å². The van der Waals surface area contributed by atoms with Crippen molar-refractivity contribution in [3.8, 4) is 0 Å². The molecule has 1 N–H and O–H groups in total. The Morgan fingerprint density at radius 2 is 1.94 bits per heavy atom. The van der Waals surface area contributed by atoms with Gasteiger partial charge in [0.2, 0.25) is 0 Å². The van der Waals surface area contributed by atoms with E-state index in [0.717, 1.165) is 11.8 Å². The highest BCUT2D eigenvalue weighted by Crippen LogP contribution is 2.23. The maximum Gasteiger partial charge on any atom is 0.0107 e. The normalized spacial score (nSPS) is 27.0. The highest BCUT2D eigenvalue weighted by molar-refractivity contribution is 4.76. The van der Waals surface area contributed by atoms with Crippen LogP contribution in [0.5, 0.6) is 0 Å². The van der Waals surface area contributed by atoms with E-state index in [4.69, 9.17) is 0 Å². The molecule has 0 spiro atoms. The van der Waals surface area contributed by atoms with E-state index < -0.39 is 0 Å². The molecule has 1 aliphatic carbocycles. The summed E-state index contributed by atoms with van der Waals surface area (Å²) < 4.78 is 0. The SMILES string of the molecule is CCCC1CCN(CCNCC2CCCC2)C1. The Bertz CT molecular complexity index is 199. The van der Waals surface area contributed by atoms with Crippen molar-refractivity contribution in [2.75, 3.05) is 32.7 Å². The Labute approximate surface area is 107 Å². The van der Waals surface area contributed by atoms with Crippen LogP contribution in [0.25, 0.3) is 0 Å². The van der Waals surface area contributed by atoms with Crippen molar-refractivity contribution in [3.63, 3.8) is 0 Å². The summed E-state index contributed by atoms with van der Waals surface area (Å²) in [5, 5.41) is 3.66. The number of likely N-dealkylation sites (tertiary alicyclic amines) is 1. The summed E-state index contributed by atoms with van der Waals surface area (Å²) in [5.41, 5.74) is 0. The third-order valence-electron chi connectivity index (χ3n) is 4.58. The van der Waals surface area contributed by atoms with E-state index in [9.17, 15) is 0 Å². The van der Waals surface area contributed by atoms with E-state index in [1.165, 1.54) is 77.7 Å². The van der Waals surface area contributed by atoms with E-state index in [0.29, 0.717) is 0 Å². The Morgan fingerprint density at radius 1 is 1.12 bits per heavy atom. The van der Waals surface area contributed by atoms with Crippen LogP contribution in [-0.4, -0.2) is 37.6 Å². The molecule has 1 saturated carbocycles. The molecule has 2 nitrogen and oxygen atoms in total. The van der Waals surface area contributed by atoms with Crippen LogP contribution in [0.3, 0.4) is 0 Å². The van der Waals surface area contributed by atoms with Gasteiger partial charge >= 0.3 is 0 Å². The monoisotopic (exact) mass is 238 g/mol. The lowest BCUT2D eigenvalue weighted by Gasteiger charge is -2.17. The summed E-state index contributed by atoms with van der Waals surface area (Å²) in [6.07, 6.45) is 10.1. The van der Waals surface area contributed by atoms with Gasteiger partial charge in [-0.05, 0) is 50.6 Å². The number of hydrogen-bond acceptors (Lipinski definition) is 2. The van der Waals surface area contributed by atoms with Crippen molar-refractivity contribution in [2.45, 2.75) is 51.9 Å². The molecule has 1 heterocycles. The maximum absolute atomic E-state index is 3.66. The molecule has 0 amide bonds. The molecule has 1 saturated heterocycles. The van der Waals surface area contributed by atoms with Crippen LogP contribution in [-0.2, 0) is 0 Å². The second-order valence-electron chi connectivity index (χ2n) is 6.10. The fourth-order valence-corrected chi connectivity index (χ4v) is 3.52. The van der Waals surface area contributed by atoms with Gasteiger partial charge in [-0.15, -0.1) is 0 Å². The summed E-state index contributed by atoms with van der Waals surface area (Å²) in [4.78, 5) is 2.65. The first-order valence-corrected chi connectivity index (χ1v) is 7.81. The van der Waals surface area contributed by atoms with Crippen LogP contribution >= 0.6 is 0 Å². The number of rotatable bonds is 7. The van der Waals surface area contributed by atoms with Crippen molar-refractivity contribution in [1.29, 1.82) is 0 Å². The van der Waals surface area contributed by atoms with E-state index in [2.05, 4.69) is 17.1 Å². The standard InChI is InChI=1S/C15H30N2/c1-2-5-15-8-10-17(13-15)11-9-16-12-14-6-3-4-7-14/h14-16H,2-13H2,1H3. The van der Waals surface area contributed by atoms with Gasteiger partial charge in [-0.3, -0.25) is 0 Å². The fraction of sp³-hybridized carbons (Fsp3) is 1.00. The largest absolute Gasteiger partial charge is 0.315 e. The van der Waals surface area contributed by atoms with Crippen LogP contribution in [0.4, 0.5) is 0 Å². The second-order valence-corrected chi connectivity index (χ2v) is 6.10. The molecule has 2 fully saturated rings. The second kappa shape index (κ2) is 7.38. The van der Waals surface area contributed by atoms with E-state index in [1.807, 2.05) is 0 Å². The Balaban J connectivity index is 1.48. The van der Waals surface area contributed by atoms with Gasteiger partial charge in [0.05, 0.1) is 0 Å². The lowest BCUT2D eigenvalue weighted by Crippen LogP contribution is -2.32. The third-order valence-corrected chi connectivity index (χ3v) is 4.58. The molecular formula is C15H30N2. The van der Waals surface area contributed by atoms with Crippen LogP contribution in [0, 0.1) is 11.8 Å². The molecule has 17 heavy (non-hydrogen) atoms. The van der Waals surface area contributed by atoms with Crippen molar-refractivity contribution in [2.24, 2.45) is 11.8 Å². The lowest BCUT2D eigenvalue weighted by atomic mass is 10.0. The predicted molar refractivity (Wildman–Crippen MR) is 74.3 cm³/mol. The predicted octanol–water partition coefficient (Wildman–Crippen LogP) is 2.89. The molecular weight excluding hydrogens is 208 g/mol.